The second kappa shape index (κ2) is 5.15. The fourth-order valence-corrected chi connectivity index (χ4v) is 2.62. The van der Waals surface area contributed by atoms with Crippen molar-refractivity contribution < 1.29 is 22.0 Å². The fraction of sp³-hybridized carbons (Fsp3) is 0.385. The molecule has 1 aliphatic heterocycles. The maximum atomic E-state index is 14.2. The highest BCUT2D eigenvalue weighted by Crippen LogP contribution is 2.37. The summed E-state index contributed by atoms with van der Waals surface area (Å²) in [7, 11) is 0. The van der Waals surface area contributed by atoms with E-state index in [2.05, 4.69) is 10.2 Å². The van der Waals surface area contributed by atoms with Crippen molar-refractivity contribution in [3.63, 3.8) is 0 Å². The summed E-state index contributed by atoms with van der Waals surface area (Å²) in [5.41, 5.74) is 5.45. The third-order valence-electron chi connectivity index (χ3n) is 3.58. The molecule has 0 aliphatic carbocycles. The van der Waals surface area contributed by atoms with E-state index in [-0.39, 0.29) is 36.1 Å². The maximum Gasteiger partial charge on any atom is 0.408 e. The zero-order valence-corrected chi connectivity index (χ0v) is 11.3. The fourth-order valence-electron chi connectivity index (χ4n) is 2.62. The number of anilines is 2. The number of nitrogens with zero attached hydrogens (tertiary/aromatic N) is 3. The van der Waals surface area contributed by atoms with Gasteiger partial charge in [-0.15, -0.1) is 5.10 Å². The summed E-state index contributed by atoms with van der Waals surface area (Å²) >= 11 is 0. The lowest BCUT2D eigenvalue weighted by atomic mass is 10.1. The van der Waals surface area contributed by atoms with E-state index in [0.29, 0.717) is 6.42 Å². The predicted molar refractivity (Wildman–Crippen MR) is 70.5 cm³/mol. The number of nitrogens with two attached hydrogens (primary N) is 1. The molecule has 2 N–H and O–H groups in total. The Labute approximate surface area is 122 Å². The first kappa shape index (κ1) is 14.6. The van der Waals surface area contributed by atoms with E-state index >= 15 is 0 Å². The van der Waals surface area contributed by atoms with Gasteiger partial charge in [-0.05, 0) is 31.0 Å². The monoisotopic (exact) mass is 316 g/mol. The first-order valence-electron chi connectivity index (χ1n) is 6.58. The molecule has 0 bridgehead atoms. The molecular formula is C13H12F4N4O. The van der Waals surface area contributed by atoms with E-state index in [4.69, 9.17) is 10.2 Å². The Morgan fingerprint density at radius 2 is 2.05 bits per heavy atom. The smallest absolute Gasteiger partial charge is 0.404 e. The lowest BCUT2D eigenvalue weighted by Gasteiger charge is -2.28. The van der Waals surface area contributed by atoms with Crippen molar-refractivity contribution in [3.05, 3.63) is 24.0 Å². The first-order valence-corrected chi connectivity index (χ1v) is 6.58. The zero-order valence-electron chi connectivity index (χ0n) is 11.3. The molecule has 0 amide bonds. The Balaban J connectivity index is 1.92. The van der Waals surface area contributed by atoms with Crippen LogP contribution in [0.1, 0.15) is 12.8 Å². The topological polar surface area (TPSA) is 68.2 Å². The van der Waals surface area contributed by atoms with Crippen molar-refractivity contribution in [2.24, 2.45) is 0 Å². The molecule has 0 unspecified atom stereocenters. The summed E-state index contributed by atoms with van der Waals surface area (Å²) in [6, 6.07) is 1.95. The molecule has 3 rings (SSSR count). The van der Waals surface area contributed by atoms with Gasteiger partial charge >= 0.3 is 12.2 Å². The summed E-state index contributed by atoms with van der Waals surface area (Å²) in [5.74, 6) is -0.762. The van der Waals surface area contributed by atoms with Crippen molar-refractivity contribution in [2.75, 3.05) is 17.2 Å². The minimum absolute atomic E-state index is 0.0109. The van der Waals surface area contributed by atoms with Crippen LogP contribution in [0.4, 0.5) is 29.3 Å². The van der Waals surface area contributed by atoms with Gasteiger partial charge in [-0.2, -0.15) is 13.2 Å². The van der Waals surface area contributed by atoms with E-state index in [1.54, 1.807) is 0 Å². The molecule has 0 radical (unpaired) electrons. The molecule has 0 saturated carbocycles. The van der Waals surface area contributed by atoms with Crippen molar-refractivity contribution >= 4 is 11.7 Å². The molecule has 2 heterocycles. The summed E-state index contributed by atoms with van der Waals surface area (Å²) in [6.07, 6.45) is -4.06. The Hall–Kier alpha value is -2.32. The molecule has 1 atom stereocenters. The quantitative estimate of drug-likeness (QED) is 0.863. The minimum atomic E-state index is -4.39. The number of benzene rings is 1. The van der Waals surface area contributed by atoms with Gasteiger partial charge in [0, 0.05) is 12.1 Å². The van der Waals surface area contributed by atoms with Crippen LogP contribution < -0.4 is 10.6 Å². The first-order chi connectivity index (χ1) is 10.4. The van der Waals surface area contributed by atoms with Crippen LogP contribution >= 0.6 is 0 Å². The summed E-state index contributed by atoms with van der Waals surface area (Å²) < 4.78 is 58.1. The maximum absolute atomic E-state index is 14.2. The van der Waals surface area contributed by atoms with Crippen molar-refractivity contribution in [1.29, 1.82) is 0 Å². The highest BCUT2D eigenvalue weighted by molar-refractivity contribution is 5.61. The molecule has 1 fully saturated rings. The molecule has 9 heteroatoms. The number of halogens is 4. The van der Waals surface area contributed by atoms with Crippen molar-refractivity contribution in [1.82, 2.24) is 10.2 Å². The van der Waals surface area contributed by atoms with Crippen LogP contribution in [0.25, 0.3) is 11.5 Å². The predicted octanol–water partition coefficient (Wildman–Crippen LogP) is 2.99. The Bertz CT molecular complexity index is 685. The summed E-state index contributed by atoms with van der Waals surface area (Å²) in [4.78, 5) is 1.04. The van der Waals surface area contributed by atoms with Crippen LogP contribution in [0.5, 0.6) is 0 Å². The van der Waals surface area contributed by atoms with Gasteiger partial charge in [0.15, 0.2) is 0 Å². The lowest BCUT2D eigenvalue weighted by molar-refractivity contribution is -0.146. The largest absolute Gasteiger partial charge is 0.408 e. The van der Waals surface area contributed by atoms with Gasteiger partial charge in [0.25, 0.3) is 0 Å². The number of hydrogen-bond donors (Lipinski definition) is 1. The molecule has 1 aliphatic rings. The zero-order chi connectivity index (χ0) is 15.9. The van der Waals surface area contributed by atoms with Gasteiger partial charge in [-0.25, -0.2) is 4.39 Å². The van der Waals surface area contributed by atoms with Crippen LogP contribution in [0.2, 0.25) is 0 Å². The molecule has 22 heavy (non-hydrogen) atoms. The molecule has 1 saturated heterocycles. The second-order valence-corrected chi connectivity index (χ2v) is 5.00. The molecular weight excluding hydrogens is 304 g/mol. The van der Waals surface area contributed by atoms with E-state index in [1.807, 2.05) is 0 Å². The van der Waals surface area contributed by atoms with Gasteiger partial charge in [0.1, 0.15) is 11.9 Å². The van der Waals surface area contributed by atoms with Gasteiger partial charge in [-0.3, -0.25) is 0 Å². The number of hydrogen-bond acceptors (Lipinski definition) is 5. The van der Waals surface area contributed by atoms with Crippen LogP contribution in [0.15, 0.2) is 22.6 Å². The number of alkyl halides is 3. The van der Waals surface area contributed by atoms with E-state index in [9.17, 15) is 17.6 Å². The van der Waals surface area contributed by atoms with Crippen LogP contribution in [-0.4, -0.2) is 29.0 Å². The van der Waals surface area contributed by atoms with Crippen molar-refractivity contribution in [3.8, 4) is 11.5 Å². The SMILES string of the molecule is Nc1nnc(-c2ccc(N3CCC[C@H]3C(F)(F)F)c(F)c2)o1. The highest BCUT2D eigenvalue weighted by atomic mass is 19.4. The van der Waals surface area contributed by atoms with E-state index in [1.165, 1.54) is 12.1 Å². The van der Waals surface area contributed by atoms with Gasteiger partial charge < -0.3 is 15.1 Å². The summed E-state index contributed by atoms with van der Waals surface area (Å²) in [6.45, 7) is 0.161. The molecule has 0 spiro atoms. The van der Waals surface area contributed by atoms with Crippen LogP contribution in [-0.2, 0) is 0 Å². The third kappa shape index (κ3) is 2.58. The Morgan fingerprint density at radius 1 is 1.27 bits per heavy atom. The highest BCUT2D eigenvalue weighted by Gasteiger charge is 2.46. The molecule has 1 aromatic heterocycles. The molecule has 5 nitrogen and oxygen atoms in total. The van der Waals surface area contributed by atoms with Gasteiger partial charge in [0.05, 0.1) is 5.69 Å². The van der Waals surface area contributed by atoms with E-state index < -0.39 is 18.0 Å². The number of rotatable bonds is 2. The standard InChI is InChI=1S/C13H12F4N4O/c14-8-6-7(11-19-20-12(18)22-11)3-4-9(8)21-5-1-2-10(21)13(15,16)17/h3-4,6,10H,1-2,5H2,(H2,18,20)/t10-/m0/s1. The normalized spacial score (nSPS) is 18.9. The molecule has 118 valence electrons. The summed E-state index contributed by atoms with van der Waals surface area (Å²) in [5, 5.41) is 7.05. The second-order valence-electron chi connectivity index (χ2n) is 5.00. The molecule has 1 aromatic carbocycles. The van der Waals surface area contributed by atoms with Crippen LogP contribution in [0, 0.1) is 5.82 Å². The van der Waals surface area contributed by atoms with Gasteiger partial charge in [-0.1, -0.05) is 5.10 Å². The Kier molecular flexibility index (Phi) is 3.42. The van der Waals surface area contributed by atoms with Crippen LogP contribution in [0.3, 0.4) is 0 Å². The van der Waals surface area contributed by atoms with E-state index in [0.717, 1.165) is 11.0 Å². The third-order valence-corrected chi connectivity index (χ3v) is 3.58. The van der Waals surface area contributed by atoms with Gasteiger partial charge in [0.2, 0.25) is 5.89 Å². The number of nitrogen functional groups attached to an aromatic ring is 1. The average molecular weight is 316 g/mol. The lowest BCUT2D eigenvalue weighted by Crippen LogP contribution is -2.41. The Morgan fingerprint density at radius 3 is 2.64 bits per heavy atom. The molecule has 2 aromatic rings. The minimum Gasteiger partial charge on any atom is -0.404 e. The average Bonchev–Trinajstić information content (AvgIpc) is 3.06. The van der Waals surface area contributed by atoms with Crippen molar-refractivity contribution in [2.45, 2.75) is 25.1 Å². The number of aromatic nitrogens is 2.